The summed E-state index contributed by atoms with van der Waals surface area (Å²) in [5.41, 5.74) is 1.04. The maximum Gasteiger partial charge on any atom is 0.191 e. The molecule has 1 saturated heterocycles. The fraction of sp³-hybridized carbons (Fsp3) is 0.632. The van der Waals surface area contributed by atoms with Gasteiger partial charge in [-0.25, -0.2) is 4.39 Å². The molecule has 0 saturated carbocycles. The van der Waals surface area contributed by atoms with Gasteiger partial charge in [0.05, 0.1) is 0 Å². The molecule has 1 fully saturated rings. The van der Waals surface area contributed by atoms with Gasteiger partial charge in [0.25, 0.3) is 0 Å². The van der Waals surface area contributed by atoms with E-state index in [0.29, 0.717) is 6.54 Å². The van der Waals surface area contributed by atoms with Gasteiger partial charge >= 0.3 is 0 Å². The number of halogens is 1. The van der Waals surface area contributed by atoms with Crippen LogP contribution in [-0.2, 0) is 6.54 Å². The van der Waals surface area contributed by atoms with E-state index in [1.54, 1.807) is 19.2 Å². The Morgan fingerprint density at radius 1 is 1.04 bits per heavy atom. The number of hydrogen-bond donors (Lipinski definition) is 2. The first-order valence-electron chi connectivity index (χ1n) is 9.19. The highest BCUT2D eigenvalue weighted by Gasteiger charge is 2.08. The van der Waals surface area contributed by atoms with Crippen LogP contribution in [0.1, 0.15) is 44.1 Å². The molecule has 2 rings (SSSR count). The van der Waals surface area contributed by atoms with Crippen LogP contribution >= 0.6 is 0 Å². The average Bonchev–Trinajstić information content (AvgIpc) is 2.63. The van der Waals surface area contributed by atoms with Gasteiger partial charge in [-0.05, 0) is 63.0 Å². The summed E-state index contributed by atoms with van der Waals surface area (Å²) in [6.45, 7) is 5.41. The lowest BCUT2D eigenvalue weighted by molar-refractivity contribution is 0.224. The van der Waals surface area contributed by atoms with Gasteiger partial charge < -0.3 is 15.5 Å². The van der Waals surface area contributed by atoms with Gasteiger partial charge in [-0.3, -0.25) is 4.99 Å². The molecule has 4 nitrogen and oxygen atoms in total. The van der Waals surface area contributed by atoms with Crippen LogP contribution in [0.4, 0.5) is 4.39 Å². The van der Waals surface area contributed by atoms with Crippen molar-refractivity contribution in [3.8, 4) is 0 Å². The molecule has 0 aromatic heterocycles. The number of nitrogens with one attached hydrogen (secondary N) is 2. The summed E-state index contributed by atoms with van der Waals surface area (Å²) in [6.07, 6.45) is 7.84. The van der Waals surface area contributed by atoms with E-state index in [4.69, 9.17) is 0 Å². The van der Waals surface area contributed by atoms with E-state index in [1.165, 1.54) is 63.9 Å². The number of rotatable bonds is 8. The van der Waals surface area contributed by atoms with Crippen molar-refractivity contribution < 1.29 is 4.39 Å². The van der Waals surface area contributed by atoms with E-state index in [-0.39, 0.29) is 5.82 Å². The summed E-state index contributed by atoms with van der Waals surface area (Å²) >= 11 is 0. The largest absolute Gasteiger partial charge is 0.356 e. The van der Waals surface area contributed by atoms with Crippen molar-refractivity contribution >= 4 is 5.96 Å². The van der Waals surface area contributed by atoms with E-state index in [1.807, 2.05) is 0 Å². The molecule has 0 radical (unpaired) electrons. The Morgan fingerprint density at radius 2 is 1.79 bits per heavy atom. The lowest BCUT2D eigenvalue weighted by atomic mass is 10.1. The number of guanidine groups is 1. The highest BCUT2D eigenvalue weighted by Crippen LogP contribution is 2.09. The number of hydrogen-bond acceptors (Lipinski definition) is 2. The van der Waals surface area contributed by atoms with Crippen LogP contribution in [0, 0.1) is 5.82 Å². The smallest absolute Gasteiger partial charge is 0.191 e. The topological polar surface area (TPSA) is 39.7 Å². The van der Waals surface area contributed by atoms with E-state index in [0.717, 1.165) is 24.5 Å². The molecule has 24 heavy (non-hydrogen) atoms. The third kappa shape index (κ3) is 7.30. The summed E-state index contributed by atoms with van der Waals surface area (Å²) in [6, 6.07) is 6.54. The monoisotopic (exact) mass is 334 g/mol. The molecule has 0 spiro atoms. The van der Waals surface area contributed by atoms with E-state index in [2.05, 4.69) is 20.5 Å². The lowest BCUT2D eigenvalue weighted by Crippen LogP contribution is -2.37. The third-order valence-corrected chi connectivity index (χ3v) is 4.49. The second kappa shape index (κ2) is 11.0. The average molecular weight is 334 g/mol. The molecule has 0 atom stereocenters. The first-order valence-corrected chi connectivity index (χ1v) is 9.19. The normalized spacial score (nSPS) is 16.2. The Hall–Kier alpha value is -1.62. The van der Waals surface area contributed by atoms with Gasteiger partial charge in [0.2, 0.25) is 0 Å². The van der Waals surface area contributed by atoms with E-state index < -0.39 is 0 Å². The Morgan fingerprint density at radius 3 is 2.50 bits per heavy atom. The maximum absolute atomic E-state index is 12.9. The second-order valence-electron chi connectivity index (χ2n) is 6.44. The van der Waals surface area contributed by atoms with Gasteiger partial charge in [0, 0.05) is 20.1 Å². The zero-order valence-electron chi connectivity index (χ0n) is 14.9. The van der Waals surface area contributed by atoms with Crippen molar-refractivity contribution in [1.29, 1.82) is 0 Å². The van der Waals surface area contributed by atoms with Gasteiger partial charge in [0.1, 0.15) is 5.82 Å². The van der Waals surface area contributed by atoms with Gasteiger partial charge in [-0.2, -0.15) is 0 Å². The molecule has 0 bridgehead atoms. The first kappa shape index (κ1) is 18.7. The van der Waals surface area contributed by atoms with Crippen LogP contribution in [-0.4, -0.2) is 44.1 Å². The van der Waals surface area contributed by atoms with Crippen LogP contribution in [0.15, 0.2) is 29.3 Å². The minimum Gasteiger partial charge on any atom is -0.356 e. The standard InChI is InChI=1S/C19H31FN4/c1-21-19(23-16-17-8-10-18(20)11-9-17)22-12-4-2-5-13-24-14-6-3-7-15-24/h8-11H,2-7,12-16H2,1H3,(H2,21,22,23). The molecule has 134 valence electrons. The molecular formula is C19H31FN4. The van der Waals surface area contributed by atoms with Crippen molar-refractivity contribution in [2.75, 3.05) is 33.2 Å². The number of benzene rings is 1. The second-order valence-corrected chi connectivity index (χ2v) is 6.44. The van der Waals surface area contributed by atoms with Crippen molar-refractivity contribution in [2.45, 2.75) is 45.1 Å². The van der Waals surface area contributed by atoms with Crippen LogP contribution in [0.3, 0.4) is 0 Å². The third-order valence-electron chi connectivity index (χ3n) is 4.49. The number of unbranched alkanes of at least 4 members (excludes halogenated alkanes) is 2. The molecular weight excluding hydrogens is 303 g/mol. The molecule has 1 aliphatic rings. The van der Waals surface area contributed by atoms with Crippen LogP contribution in [0.5, 0.6) is 0 Å². The molecule has 1 heterocycles. The summed E-state index contributed by atoms with van der Waals surface area (Å²) in [5, 5.41) is 6.60. The Bertz CT molecular complexity index is 481. The lowest BCUT2D eigenvalue weighted by Gasteiger charge is -2.26. The van der Waals surface area contributed by atoms with Crippen LogP contribution in [0.2, 0.25) is 0 Å². The highest BCUT2D eigenvalue weighted by atomic mass is 19.1. The molecule has 1 aliphatic heterocycles. The molecule has 0 amide bonds. The Kier molecular flexibility index (Phi) is 8.60. The molecule has 0 unspecified atom stereocenters. The number of nitrogens with zero attached hydrogens (tertiary/aromatic N) is 2. The van der Waals surface area contributed by atoms with Crippen molar-refractivity contribution in [1.82, 2.24) is 15.5 Å². The van der Waals surface area contributed by atoms with Gasteiger partial charge in [-0.1, -0.05) is 25.0 Å². The minimum atomic E-state index is -0.203. The molecule has 1 aromatic carbocycles. The Balaban J connectivity index is 1.52. The van der Waals surface area contributed by atoms with Gasteiger partial charge in [-0.15, -0.1) is 0 Å². The van der Waals surface area contributed by atoms with E-state index in [9.17, 15) is 4.39 Å². The first-order chi connectivity index (χ1) is 11.8. The highest BCUT2D eigenvalue weighted by molar-refractivity contribution is 5.79. The van der Waals surface area contributed by atoms with Crippen molar-refractivity contribution in [3.63, 3.8) is 0 Å². The summed E-state index contributed by atoms with van der Waals surface area (Å²) in [7, 11) is 1.77. The summed E-state index contributed by atoms with van der Waals surface area (Å²) in [5.74, 6) is 0.598. The van der Waals surface area contributed by atoms with Crippen molar-refractivity contribution in [2.24, 2.45) is 4.99 Å². The van der Waals surface area contributed by atoms with E-state index >= 15 is 0 Å². The molecule has 5 heteroatoms. The number of aliphatic imine (C=N–C) groups is 1. The summed E-state index contributed by atoms with van der Waals surface area (Å²) < 4.78 is 12.9. The minimum absolute atomic E-state index is 0.203. The quantitative estimate of drug-likeness (QED) is 0.436. The maximum atomic E-state index is 12.9. The zero-order valence-corrected chi connectivity index (χ0v) is 14.9. The predicted molar refractivity (Wildman–Crippen MR) is 98.7 cm³/mol. The number of piperidine rings is 1. The number of likely N-dealkylation sites (tertiary alicyclic amines) is 1. The molecule has 2 N–H and O–H groups in total. The predicted octanol–water partition coefficient (Wildman–Crippen LogP) is 3.15. The fourth-order valence-corrected chi connectivity index (χ4v) is 3.04. The van der Waals surface area contributed by atoms with Gasteiger partial charge in [0.15, 0.2) is 5.96 Å². The molecule has 1 aromatic rings. The Labute approximate surface area is 145 Å². The van der Waals surface area contributed by atoms with Crippen LogP contribution < -0.4 is 10.6 Å². The van der Waals surface area contributed by atoms with Crippen molar-refractivity contribution in [3.05, 3.63) is 35.6 Å². The summed E-state index contributed by atoms with van der Waals surface area (Å²) in [4.78, 5) is 6.82. The zero-order chi connectivity index (χ0) is 17.0. The fourth-order valence-electron chi connectivity index (χ4n) is 3.04. The van der Waals surface area contributed by atoms with Crippen LogP contribution in [0.25, 0.3) is 0 Å². The molecule has 0 aliphatic carbocycles. The SMILES string of the molecule is CN=C(NCCCCCN1CCCCC1)NCc1ccc(F)cc1.